The van der Waals surface area contributed by atoms with Gasteiger partial charge in [-0.25, -0.2) is 8.42 Å². The second kappa shape index (κ2) is 2.48. The van der Waals surface area contributed by atoms with E-state index in [0.29, 0.717) is 13.1 Å². The molecule has 1 aliphatic heterocycles. The summed E-state index contributed by atoms with van der Waals surface area (Å²) in [5.74, 6) is 0. The van der Waals surface area contributed by atoms with Gasteiger partial charge in [0, 0.05) is 13.1 Å². The molecule has 0 bridgehead atoms. The number of nitrogens with zero attached hydrogens (tertiary/aromatic N) is 1. The molecule has 1 aliphatic rings. The van der Waals surface area contributed by atoms with Gasteiger partial charge in [0.2, 0.25) is 0 Å². The molecule has 0 radical (unpaired) electrons. The lowest BCUT2D eigenvalue weighted by molar-refractivity contribution is 0.493. The van der Waals surface area contributed by atoms with Crippen LogP contribution in [0.1, 0.15) is 12.8 Å². The zero-order chi connectivity index (χ0) is 6.91. The molecular formula is C4H9NO2S2. The Balaban J connectivity index is 2.63. The van der Waals surface area contributed by atoms with Crippen molar-refractivity contribution in [3.63, 3.8) is 0 Å². The molecule has 0 aromatic carbocycles. The number of thiol groups is 1. The van der Waals surface area contributed by atoms with Gasteiger partial charge in [0.1, 0.15) is 0 Å². The highest BCUT2D eigenvalue weighted by Gasteiger charge is 2.20. The van der Waals surface area contributed by atoms with Crippen molar-refractivity contribution < 1.29 is 8.42 Å². The lowest BCUT2D eigenvalue weighted by Crippen LogP contribution is -2.22. The Morgan fingerprint density at radius 3 is 1.89 bits per heavy atom. The van der Waals surface area contributed by atoms with Gasteiger partial charge < -0.3 is 0 Å². The maximum absolute atomic E-state index is 10.6. The minimum atomic E-state index is -3.17. The van der Waals surface area contributed by atoms with Gasteiger partial charge in [-0.3, -0.25) is 0 Å². The Hall–Kier alpha value is 0.260. The molecule has 0 aromatic rings. The largest absolute Gasteiger partial charge is 0.264 e. The first-order chi connectivity index (χ1) is 4.11. The van der Waals surface area contributed by atoms with Crippen molar-refractivity contribution in [3.8, 4) is 0 Å². The van der Waals surface area contributed by atoms with Gasteiger partial charge in [-0.15, -0.1) is 0 Å². The fourth-order valence-corrected chi connectivity index (χ4v) is 2.13. The van der Waals surface area contributed by atoms with Crippen LogP contribution in [0.2, 0.25) is 0 Å². The first-order valence-corrected chi connectivity index (χ1v) is 5.32. The molecule has 0 aliphatic carbocycles. The molecule has 0 N–H and O–H groups in total. The Labute approximate surface area is 59.9 Å². The summed E-state index contributed by atoms with van der Waals surface area (Å²) in [5.41, 5.74) is 0. The molecular weight excluding hydrogens is 158 g/mol. The van der Waals surface area contributed by atoms with Gasteiger partial charge >= 0.3 is 0 Å². The molecule has 1 rings (SSSR count). The highest BCUT2D eigenvalue weighted by molar-refractivity contribution is 8.62. The van der Waals surface area contributed by atoms with Crippen LogP contribution >= 0.6 is 11.7 Å². The van der Waals surface area contributed by atoms with Crippen molar-refractivity contribution in [1.82, 2.24) is 4.31 Å². The molecule has 0 saturated carbocycles. The quantitative estimate of drug-likeness (QED) is 0.449. The van der Waals surface area contributed by atoms with Gasteiger partial charge in [0.05, 0.1) is 0 Å². The van der Waals surface area contributed by atoms with Crippen LogP contribution in [0.5, 0.6) is 0 Å². The number of hydrogen-bond acceptors (Lipinski definition) is 2. The van der Waals surface area contributed by atoms with E-state index in [1.165, 1.54) is 4.31 Å². The summed E-state index contributed by atoms with van der Waals surface area (Å²) in [6, 6.07) is 0. The molecule has 0 spiro atoms. The van der Waals surface area contributed by atoms with Crippen LogP contribution in [0, 0.1) is 0 Å². The predicted octanol–water partition coefficient (Wildman–Crippen LogP) is 0.257. The third-order valence-electron chi connectivity index (χ3n) is 1.39. The van der Waals surface area contributed by atoms with Gasteiger partial charge in [0.15, 0.2) is 0 Å². The van der Waals surface area contributed by atoms with E-state index in [-0.39, 0.29) is 0 Å². The summed E-state index contributed by atoms with van der Waals surface area (Å²) < 4.78 is 22.6. The third kappa shape index (κ3) is 1.84. The highest BCUT2D eigenvalue weighted by atomic mass is 33.1. The summed E-state index contributed by atoms with van der Waals surface area (Å²) in [6.45, 7) is 1.29. The lowest BCUT2D eigenvalue weighted by atomic mass is 10.4. The Bertz CT molecular complexity index is 181. The highest BCUT2D eigenvalue weighted by Crippen LogP contribution is 2.14. The first-order valence-electron chi connectivity index (χ1n) is 2.83. The fraction of sp³-hybridized carbons (Fsp3) is 1.00. The van der Waals surface area contributed by atoms with Crippen molar-refractivity contribution in [2.75, 3.05) is 13.1 Å². The molecule has 1 heterocycles. The second-order valence-corrected chi connectivity index (χ2v) is 4.88. The molecule has 5 heteroatoms. The van der Waals surface area contributed by atoms with E-state index < -0.39 is 9.06 Å². The molecule has 0 atom stereocenters. The van der Waals surface area contributed by atoms with Crippen molar-refractivity contribution >= 4 is 20.7 Å². The lowest BCUT2D eigenvalue weighted by Gasteiger charge is -2.08. The van der Waals surface area contributed by atoms with Crippen LogP contribution in [-0.4, -0.2) is 25.8 Å². The minimum absolute atomic E-state index is 0.645. The molecule has 9 heavy (non-hydrogen) atoms. The zero-order valence-corrected chi connectivity index (χ0v) is 6.66. The van der Waals surface area contributed by atoms with Crippen molar-refractivity contribution in [3.05, 3.63) is 0 Å². The van der Waals surface area contributed by atoms with Crippen LogP contribution in [0.15, 0.2) is 0 Å². The molecule has 1 saturated heterocycles. The van der Waals surface area contributed by atoms with Crippen molar-refractivity contribution in [1.29, 1.82) is 0 Å². The monoisotopic (exact) mass is 167 g/mol. The topological polar surface area (TPSA) is 37.4 Å². The molecule has 0 aromatic heterocycles. The van der Waals surface area contributed by atoms with E-state index in [9.17, 15) is 8.42 Å². The smallest absolute Gasteiger partial charge is 0.201 e. The van der Waals surface area contributed by atoms with Crippen molar-refractivity contribution in [2.24, 2.45) is 0 Å². The Kier molecular flexibility index (Phi) is 2.03. The van der Waals surface area contributed by atoms with Gasteiger partial charge in [0.25, 0.3) is 9.06 Å². The predicted molar refractivity (Wildman–Crippen MR) is 38.7 cm³/mol. The number of hydrogen-bond donors (Lipinski definition) is 1. The number of rotatable bonds is 1. The van der Waals surface area contributed by atoms with Crippen molar-refractivity contribution in [2.45, 2.75) is 12.8 Å². The Morgan fingerprint density at radius 1 is 1.22 bits per heavy atom. The summed E-state index contributed by atoms with van der Waals surface area (Å²) in [7, 11) is -3.17. The van der Waals surface area contributed by atoms with Crippen LogP contribution in [0.3, 0.4) is 0 Å². The maximum atomic E-state index is 10.6. The van der Waals surface area contributed by atoms with Crippen LogP contribution in [0.25, 0.3) is 0 Å². The van der Waals surface area contributed by atoms with Crippen LogP contribution in [-0.2, 0) is 9.06 Å². The SMILES string of the molecule is O=S(=O)(S)N1CCCC1. The van der Waals surface area contributed by atoms with Gasteiger partial charge in [-0.1, -0.05) is 0 Å². The zero-order valence-electron chi connectivity index (χ0n) is 4.95. The van der Waals surface area contributed by atoms with Gasteiger partial charge in [-0.2, -0.15) is 4.31 Å². The van der Waals surface area contributed by atoms with E-state index in [1.54, 1.807) is 0 Å². The van der Waals surface area contributed by atoms with Crippen LogP contribution < -0.4 is 0 Å². The van der Waals surface area contributed by atoms with Gasteiger partial charge in [-0.05, 0) is 24.5 Å². The minimum Gasteiger partial charge on any atom is -0.201 e. The normalized spacial score (nSPS) is 22.8. The molecule has 1 fully saturated rings. The second-order valence-electron chi connectivity index (χ2n) is 2.08. The third-order valence-corrected chi connectivity index (χ3v) is 3.10. The van der Waals surface area contributed by atoms with E-state index in [4.69, 9.17) is 0 Å². The Morgan fingerprint density at radius 2 is 1.67 bits per heavy atom. The molecule has 54 valence electrons. The maximum Gasteiger partial charge on any atom is 0.264 e. The molecule has 3 nitrogen and oxygen atoms in total. The average molecular weight is 167 g/mol. The summed E-state index contributed by atoms with van der Waals surface area (Å²) >= 11 is 3.45. The first kappa shape index (κ1) is 7.37. The van der Waals surface area contributed by atoms with Crippen LogP contribution in [0.4, 0.5) is 0 Å². The summed E-state index contributed by atoms with van der Waals surface area (Å²) in [4.78, 5) is 0. The summed E-state index contributed by atoms with van der Waals surface area (Å²) in [6.07, 6.45) is 1.94. The van der Waals surface area contributed by atoms with E-state index in [2.05, 4.69) is 11.7 Å². The van der Waals surface area contributed by atoms with E-state index in [0.717, 1.165) is 12.8 Å². The average Bonchev–Trinajstić information content (AvgIpc) is 2.08. The summed E-state index contributed by atoms with van der Waals surface area (Å²) in [5, 5.41) is 0. The van der Waals surface area contributed by atoms with E-state index >= 15 is 0 Å². The standard InChI is InChI=1S/C4H9NO2S2/c6-9(7,8)5-3-1-2-4-5/h1-4H2,(H,6,7,8). The fourth-order valence-electron chi connectivity index (χ4n) is 0.919. The molecule has 0 amide bonds. The molecule has 0 unspecified atom stereocenters. The van der Waals surface area contributed by atoms with E-state index in [1.807, 2.05) is 0 Å².